The third-order valence-corrected chi connectivity index (χ3v) is 10.7. The van der Waals surface area contributed by atoms with Crippen LogP contribution in [-0.4, -0.2) is 16.1 Å². The fraction of sp³-hybridized carbons (Fsp3) is 0.556. The van der Waals surface area contributed by atoms with Gasteiger partial charge in [0.1, 0.15) is 0 Å². The van der Waals surface area contributed by atoms with E-state index in [-0.39, 0.29) is 9.41 Å². The van der Waals surface area contributed by atoms with E-state index in [1.54, 1.807) is 11.1 Å². The minimum atomic E-state index is -0.982. The summed E-state index contributed by atoms with van der Waals surface area (Å²) in [5.74, 6) is 0. The Balaban J connectivity index is 0.00000242. The van der Waals surface area contributed by atoms with Crippen molar-refractivity contribution in [1.82, 2.24) is 0 Å². The molecular weight excluding hydrogens is 402 g/mol. The SMILES string of the molecule is C[Si](C)(C)CC1=[C]([Zr+2][C]2=C(C[Si](C)(C)C)C=CC2)CC=C1.[F-].[F-]. The molecule has 2 aliphatic rings. The Hall–Kier alpha value is 0.137. The number of halogens is 2. The first-order valence-electron chi connectivity index (χ1n) is 8.18. The third kappa shape index (κ3) is 7.70. The average Bonchev–Trinajstić information content (AvgIpc) is 2.86. The summed E-state index contributed by atoms with van der Waals surface area (Å²) < 4.78 is 3.76. The van der Waals surface area contributed by atoms with E-state index < -0.39 is 39.4 Å². The number of hydrogen-bond acceptors (Lipinski definition) is 0. The van der Waals surface area contributed by atoms with Crippen molar-refractivity contribution in [2.75, 3.05) is 0 Å². The molecule has 0 aliphatic heterocycles. The van der Waals surface area contributed by atoms with E-state index in [1.807, 2.05) is 6.56 Å². The maximum Gasteiger partial charge on any atom is -1.00 e. The van der Waals surface area contributed by atoms with Gasteiger partial charge in [-0.15, -0.1) is 0 Å². The van der Waals surface area contributed by atoms with Crippen LogP contribution in [0.5, 0.6) is 0 Å². The molecular formula is C18H30F2Si2Zr. The van der Waals surface area contributed by atoms with Crippen molar-refractivity contribution in [2.45, 2.75) is 64.2 Å². The molecule has 23 heavy (non-hydrogen) atoms. The second kappa shape index (κ2) is 9.01. The molecule has 0 amide bonds. The smallest absolute Gasteiger partial charge is 1.00 e. The molecule has 0 N–H and O–H groups in total. The van der Waals surface area contributed by atoms with Crippen LogP contribution in [0.2, 0.25) is 51.4 Å². The van der Waals surface area contributed by atoms with Gasteiger partial charge < -0.3 is 9.41 Å². The summed E-state index contributed by atoms with van der Waals surface area (Å²) in [5, 5.41) is 0. The molecule has 0 heterocycles. The summed E-state index contributed by atoms with van der Waals surface area (Å²) in [6.07, 6.45) is 12.3. The quantitative estimate of drug-likeness (QED) is 0.527. The van der Waals surface area contributed by atoms with Crippen molar-refractivity contribution in [3.63, 3.8) is 0 Å². The summed E-state index contributed by atoms with van der Waals surface area (Å²) in [5.41, 5.74) is 3.49. The Bertz CT molecular complexity index is 484. The number of allylic oxidation sites excluding steroid dienone is 8. The van der Waals surface area contributed by atoms with E-state index in [2.05, 4.69) is 63.6 Å². The zero-order valence-corrected chi connectivity index (χ0v) is 19.9. The van der Waals surface area contributed by atoms with Crippen LogP contribution in [0.15, 0.2) is 42.0 Å². The van der Waals surface area contributed by atoms with Gasteiger partial charge in [0.25, 0.3) is 0 Å². The maximum atomic E-state index is 2.50. The minimum absolute atomic E-state index is 0. The van der Waals surface area contributed by atoms with Crippen molar-refractivity contribution in [2.24, 2.45) is 0 Å². The summed E-state index contributed by atoms with van der Waals surface area (Å²) in [4.78, 5) is 0. The summed E-state index contributed by atoms with van der Waals surface area (Å²) in [6.45, 7) is 15.0. The van der Waals surface area contributed by atoms with Gasteiger partial charge in [0.2, 0.25) is 0 Å². The standard InChI is InChI=1S/2C9H15Si.2FH.Zr/c2*1-10(2,3)8-9-6-4-5-7-9;;;/h2*4,6H,5,8H2,1-3H3;2*1H;/q;;;;+2/p-2. The van der Waals surface area contributed by atoms with Crippen LogP contribution in [0.3, 0.4) is 0 Å². The molecule has 0 unspecified atom stereocenters. The predicted octanol–water partition coefficient (Wildman–Crippen LogP) is 0.181. The van der Waals surface area contributed by atoms with E-state index in [1.165, 1.54) is 24.9 Å². The third-order valence-electron chi connectivity index (χ3n) is 3.80. The molecule has 0 aromatic heterocycles. The number of rotatable bonds is 6. The summed E-state index contributed by atoms with van der Waals surface area (Å²) >= 11 is -0.509. The fourth-order valence-electron chi connectivity index (χ4n) is 3.02. The van der Waals surface area contributed by atoms with Gasteiger partial charge >= 0.3 is 146 Å². The molecule has 2 aliphatic carbocycles. The normalized spacial score (nSPS) is 17.3. The van der Waals surface area contributed by atoms with Gasteiger partial charge in [-0.1, -0.05) is 0 Å². The molecule has 0 saturated heterocycles. The Morgan fingerprint density at radius 2 is 1.09 bits per heavy atom. The Kier molecular flexibility index (Phi) is 9.06. The monoisotopic (exact) mass is 430 g/mol. The molecule has 0 fully saturated rings. The van der Waals surface area contributed by atoms with Crippen LogP contribution in [-0.2, 0) is 23.2 Å². The van der Waals surface area contributed by atoms with Gasteiger partial charge in [0.15, 0.2) is 0 Å². The molecule has 5 heteroatoms. The molecule has 0 spiro atoms. The van der Waals surface area contributed by atoms with Crippen molar-refractivity contribution in [3.05, 3.63) is 42.0 Å². The minimum Gasteiger partial charge on any atom is -1.00 e. The van der Waals surface area contributed by atoms with Crippen LogP contribution in [0.4, 0.5) is 0 Å². The molecule has 0 aromatic carbocycles. The van der Waals surface area contributed by atoms with Crippen LogP contribution >= 0.6 is 0 Å². The van der Waals surface area contributed by atoms with E-state index in [9.17, 15) is 0 Å². The molecule has 0 aromatic rings. The van der Waals surface area contributed by atoms with Gasteiger partial charge in [-0.2, -0.15) is 0 Å². The molecule has 0 atom stereocenters. The van der Waals surface area contributed by atoms with Crippen LogP contribution < -0.4 is 9.41 Å². The fourth-order valence-corrected chi connectivity index (χ4v) is 10.4. The molecule has 0 saturated carbocycles. The topological polar surface area (TPSA) is 0 Å². The molecule has 0 bridgehead atoms. The van der Waals surface area contributed by atoms with Gasteiger partial charge in [0, 0.05) is 0 Å². The number of hydrogen-bond donors (Lipinski definition) is 0. The van der Waals surface area contributed by atoms with Crippen molar-refractivity contribution < 1.29 is 32.6 Å². The molecule has 0 radical (unpaired) electrons. The van der Waals surface area contributed by atoms with Gasteiger partial charge in [-0.05, 0) is 0 Å². The van der Waals surface area contributed by atoms with E-state index >= 15 is 0 Å². The van der Waals surface area contributed by atoms with Crippen molar-refractivity contribution in [3.8, 4) is 0 Å². The summed E-state index contributed by atoms with van der Waals surface area (Å²) in [6, 6.07) is 2.79. The molecule has 0 nitrogen and oxygen atoms in total. The van der Waals surface area contributed by atoms with E-state index in [0.29, 0.717) is 0 Å². The van der Waals surface area contributed by atoms with E-state index in [4.69, 9.17) is 0 Å². The summed E-state index contributed by atoms with van der Waals surface area (Å²) in [7, 11) is -1.96. The maximum absolute atomic E-state index is 2.50. The van der Waals surface area contributed by atoms with Gasteiger partial charge in [0.05, 0.1) is 0 Å². The largest absolute Gasteiger partial charge is 1.00 e. The molecule has 2 rings (SSSR count). The first kappa shape index (κ1) is 23.1. The Morgan fingerprint density at radius 1 is 0.739 bits per heavy atom. The Labute approximate surface area is 154 Å². The molecule has 128 valence electrons. The van der Waals surface area contributed by atoms with Crippen LogP contribution in [0.25, 0.3) is 0 Å². The second-order valence-corrected chi connectivity index (χ2v) is 23.4. The zero-order chi connectivity index (χ0) is 15.7. The van der Waals surface area contributed by atoms with Gasteiger partial charge in [-0.25, -0.2) is 0 Å². The zero-order valence-electron chi connectivity index (χ0n) is 15.4. The van der Waals surface area contributed by atoms with Crippen LogP contribution in [0.1, 0.15) is 12.8 Å². The predicted molar refractivity (Wildman–Crippen MR) is 97.9 cm³/mol. The average molecular weight is 432 g/mol. The van der Waals surface area contributed by atoms with E-state index in [0.717, 1.165) is 0 Å². The van der Waals surface area contributed by atoms with Crippen molar-refractivity contribution in [1.29, 1.82) is 0 Å². The second-order valence-electron chi connectivity index (χ2n) is 8.82. The first-order chi connectivity index (χ1) is 9.64. The van der Waals surface area contributed by atoms with Gasteiger partial charge in [-0.3, -0.25) is 0 Å². The van der Waals surface area contributed by atoms with Crippen molar-refractivity contribution >= 4 is 16.1 Å². The Morgan fingerprint density at radius 3 is 1.39 bits per heavy atom. The first-order valence-corrected chi connectivity index (χ1v) is 18.1. The van der Waals surface area contributed by atoms with Crippen LogP contribution in [0, 0.1) is 0 Å².